The van der Waals surface area contributed by atoms with E-state index < -0.39 is 100 Å². The number of ether oxygens (including phenoxy) is 5. The quantitative estimate of drug-likeness (QED) is 0.0790. The van der Waals surface area contributed by atoms with Gasteiger partial charge in [-0.1, -0.05) is 0 Å². The predicted molar refractivity (Wildman–Crippen MR) is 284 cm³/mol. The number of aliphatic carboxylic acids is 1. The number of carboxylic acid groups (broad SMARTS) is 1. The Morgan fingerprint density at radius 3 is 1.36 bits per heavy atom. The van der Waals surface area contributed by atoms with Crippen LogP contribution >= 0.6 is 0 Å². The lowest BCUT2D eigenvalue weighted by Crippen LogP contribution is -2.27. The highest BCUT2D eigenvalue weighted by Crippen LogP contribution is 2.40. The fraction of sp³-hybridized carbons (Fsp3) is 0.138. The largest absolute Gasteiger partial charge is 0.479 e. The van der Waals surface area contributed by atoms with Gasteiger partial charge in [-0.25, -0.2) is 47.1 Å². The van der Waals surface area contributed by atoms with Crippen molar-refractivity contribution in [3.8, 4) is 68.9 Å². The molecule has 0 aliphatic rings. The van der Waals surface area contributed by atoms with Gasteiger partial charge in [0.05, 0.1) is 33.2 Å². The van der Waals surface area contributed by atoms with E-state index in [-0.39, 0.29) is 79.0 Å². The lowest BCUT2D eigenvalue weighted by Gasteiger charge is -2.20. The number of fused-ring (bicyclic) bond motifs is 2. The highest BCUT2D eigenvalue weighted by molar-refractivity contribution is 5.85. The molecule has 10 rings (SSSR count). The van der Waals surface area contributed by atoms with Gasteiger partial charge in [0.2, 0.25) is 23.5 Å². The van der Waals surface area contributed by atoms with Gasteiger partial charge in [0, 0.05) is 47.8 Å². The molecule has 10 aromatic rings. The first-order valence-electron chi connectivity index (χ1n) is 24.8. The van der Waals surface area contributed by atoms with Crippen LogP contribution in [-0.4, -0.2) is 74.9 Å². The summed E-state index contributed by atoms with van der Waals surface area (Å²) in [6.45, 7) is 3.80. The van der Waals surface area contributed by atoms with Gasteiger partial charge in [-0.15, -0.1) is 0 Å². The van der Waals surface area contributed by atoms with Crippen molar-refractivity contribution >= 4 is 33.7 Å². The van der Waals surface area contributed by atoms with E-state index in [0.29, 0.717) is 12.1 Å². The molecule has 0 saturated heterocycles. The lowest BCUT2D eigenvalue weighted by atomic mass is 10.1. The molecule has 0 amide bonds. The second-order valence-electron chi connectivity index (χ2n) is 18.9. The van der Waals surface area contributed by atoms with E-state index in [1.165, 1.54) is 69.8 Å². The number of pyridine rings is 4. The predicted octanol–water partition coefficient (Wildman–Crippen LogP) is 12.0. The zero-order chi connectivity index (χ0) is 61.8. The average Bonchev–Trinajstić information content (AvgIpc) is 0.981. The Labute approximate surface area is 476 Å². The molecule has 0 atom stereocenters. The van der Waals surface area contributed by atoms with Crippen molar-refractivity contribution in [2.75, 3.05) is 13.2 Å². The second-order valence-corrected chi connectivity index (χ2v) is 18.9. The molecule has 440 valence electrons. The lowest BCUT2D eigenvalue weighted by molar-refractivity contribution is -0.157. The molecule has 0 spiro atoms. The van der Waals surface area contributed by atoms with Crippen LogP contribution in [0.15, 0.2) is 156 Å². The van der Waals surface area contributed by atoms with Crippen molar-refractivity contribution in [3.05, 3.63) is 201 Å². The number of benzene rings is 4. The number of hydrogen-bond acceptors (Lipinski definition) is 15. The Hall–Kier alpha value is -10.8. The highest BCUT2D eigenvalue weighted by Gasteiger charge is 2.36. The van der Waals surface area contributed by atoms with Gasteiger partial charge in [0.25, 0.3) is 11.1 Å². The number of hydrogen-bond donors (Lipinski definition) is 1. The van der Waals surface area contributed by atoms with Crippen LogP contribution in [0.2, 0.25) is 0 Å². The van der Waals surface area contributed by atoms with Crippen LogP contribution in [0.3, 0.4) is 0 Å². The molecule has 0 aliphatic heterocycles. The maximum atomic E-state index is 15.0. The van der Waals surface area contributed by atoms with Crippen molar-refractivity contribution < 1.29 is 82.3 Å². The van der Waals surface area contributed by atoms with E-state index in [1.54, 1.807) is 20.8 Å². The first-order valence-corrected chi connectivity index (χ1v) is 24.8. The van der Waals surface area contributed by atoms with Crippen molar-refractivity contribution in [1.29, 1.82) is 0 Å². The fourth-order valence-corrected chi connectivity index (χ4v) is 8.20. The van der Waals surface area contributed by atoms with Crippen LogP contribution in [0.1, 0.15) is 31.9 Å². The summed E-state index contributed by atoms with van der Waals surface area (Å²) in [5.74, 6) is -7.57. The number of carboxylic acids is 1. The third-order valence-corrected chi connectivity index (χ3v) is 11.8. The second kappa shape index (κ2) is 24.2. The molecule has 6 heterocycles. The molecule has 0 fully saturated rings. The highest BCUT2D eigenvalue weighted by atomic mass is 19.4. The number of carbonyl (C=O) groups excluding carboxylic acids is 1. The zero-order valence-corrected chi connectivity index (χ0v) is 44.2. The molecule has 0 saturated carbocycles. The molecule has 18 nitrogen and oxygen atoms in total. The third-order valence-electron chi connectivity index (χ3n) is 11.8. The minimum atomic E-state index is -4.74. The maximum Gasteiger partial charge on any atom is 0.421 e. The monoisotopic (exact) mass is 1200 g/mol. The normalized spacial score (nSPS) is 11.6. The molecule has 6 aromatic heterocycles. The molecule has 0 radical (unpaired) electrons. The summed E-state index contributed by atoms with van der Waals surface area (Å²) in [4.78, 5) is 72.1. The summed E-state index contributed by atoms with van der Waals surface area (Å²) in [5.41, 5.74) is -4.29. The minimum absolute atomic E-state index is 0.0599. The first kappa shape index (κ1) is 59.8. The Balaban J connectivity index is 0.000000206. The maximum absolute atomic E-state index is 15.0. The zero-order valence-electron chi connectivity index (χ0n) is 44.2. The molecule has 28 heteroatoms. The number of rotatable bonds is 14. The Morgan fingerprint density at radius 1 is 0.535 bits per heavy atom. The number of alkyl halides is 6. The Bertz CT molecular complexity index is 4380. The Kier molecular flexibility index (Phi) is 16.8. The summed E-state index contributed by atoms with van der Waals surface area (Å²) in [6.07, 6.45) is -4.97. The van der Waals surface area contributed by atoms with E-state index >= 15 is 4.39 Å². The molecule has 0 bridgehead atoms. The summed E-state index contributed by atoms with van der Waals surface area (Å²) in [7, 11) is 0. The SMILES string of the molecule is CC(C)(C)OC(=O)COc1ccc(-n2cnc(=O)c3cc(Oc4ncccc4C(F)(F)F)ccc32)c(-c2ccc(F)cc2F)n1.O=C(O)COc1ccc(-n2cnc(=O)c3cc(Oc4ncccc4C(F)(F)F)ccc32)c(-c2ccc(F)cc2F)n1. The van der Waals surface area contributed by atoms with Gasteiger partial charge in [-0.05, 0) is 118 Å². The van der Waals surface area contributed by atoms with E-state index in [9.17, 15) is 58.7 Å². The van der Waals surface area contributed by atoms with E-state index in [2.05, 4.69) is 29.9 Å². The van der Waals surface area contributed by atoms with Crippen molar-refractivity contribution in [1.82, 2.24) is 39.0 Å². The van der Waals surface area contributed by atoms with Crippen LogP contribution in [0.5, 0.6) is 35.0 Å². The summed E-state index contributed by atoms with van der Waals surface area (Å²) < 4.78 is 167. The smallest absolute Gasteiger partial charge is 0.421 e. The third kappa shape index (κ3) is 13.8. The van der Waals surface area contributed by atoms with Crippen LogP contribution in [0, 0.1) is 23.3 Å². The average molecular weight is 1200 g/mol. The number of nitrogens with zero attached hydrogens (tertiary/aromatic N) is 8. The van der Waals surface area contributed by atoms with E-state index in [1.807, 2.05) is 0 Å². The van der Waals surface area contributed by atoms with Gasteiger partial charge < -0.3 is 28.8 Å². The molecular formula is C58H38F10N8O10. The van der Waals surface area contributed by atoms with Gasteiger partial charge in [0.15, 0.2) is 13.2 Å². The number of halogens is 10. The van der Waals surface area contributed by atoms with E-state index in [0.717, 1.165) is 73.6 Å². The van der Waals surface area contributed by atoms with Gasteiger partial charge >= 0.3 is 24.3 Å². The van der Waals surface area contributed by atoms with Crippen LogP contribution in [-0.2, 0) is 26.7 Å². The summed E-state index contributed by atoms with van der Waals surface area (Å²) in [5, 5.41) is 8.78. The number of carbonyl (C=O) groups is 2. The van der Waals surface area contributed by atoms with Crippen molar-refractivity contribution in [2.45, 2.75) is 38.7 Å². The summed E-state index contributed by atoms with van der Waals surface area (Å²) >= 11 is 0. The molecule has 1 N–H and O–H groups in total. The first-order chi connectivity index (χ1) is 40.7. The topological polar surface area (TPSA) is 222 Å². The molecule has 4 aromatic carbocycles. The molecule has 86 heavy (non-hydrogen) atoms. The fourth-order valence-electron chi connectivity index (χ4n) is 8.20. The van der Waals surface area contributed by atoms with E-state index in [4.69, 9.17) is 28.8 Å². The number of esters is 1. The van der Waals surface area contributed by atoms with Gasteiger partial charge in [0.1, 0.15) is 75.5 Å². The molecular weight excluding hydrogens is 1160 g/mol. The van der Waals surface area contributed by atoms with Crippen molar-refractivity contribution in [3.63, 3.8) is 0 Å². The molecule has 0 aliphatic carbocycles. The Morgan fingerprint density at radius 2 is 0.965 bits per heavy atom. The van der Waals surface area contributed by atoms with Crippen molar-refractivity contribution in [2.24, 2.45) is 0 Å². The van der Waals surface area contributed by atoms with Gasteiger partial charge in [-0.2, -0.15) is 36.3 Å². The van der Waals surface area contributed by atoms with Crippen LogP contribution in [0.25, 0.3) is 55.7 Å². The van der Waals surface area contributed by atoms with Gasteiger partial charge in [-0.3, -0.25) is 18.7 Å². The summed E-state index contributed by atoms with van der Waals surface area (Å²) in [6, 6.07) is 22.7. The number of aromatic nitrogens is 8. The minimum Gasteiger partial charge on any atom is -0.479 e. The van der Waals surface area contributed by atoms with Crippen LogP contribution < -0.4 is 30.1 Å². The molecule has 0 unspecified atom stereocenters. The standard InChI is InChI=1S/C31H23F5N4O5.C27H15F5N4O5/c1-30(2,3)45-26(41)15-43-25-11-10-24(27(39-25)19-8-6-17(32)13-22(19)33)40-16-38-28(42)20-14-18(7-9-23(20)40)44-29-21(31(34,35)36)5-4-12-37-29;28-14-3-5-16(19(29)10-14)24-21(7-8-22(35-24)40-12-23(37)38)36-13-34-25(39)17-11-15(4-6-20(17)36)41-26-18(27(30,31)32)2-1-9-33-26/h4-14,16H,15H2,1-3H3;1-11,13H,12H2,(H,37,38). The van der Waals surface area contributed by atoms with Crippen LogP contribution in [0.4, 0.5) is 43.9 Å².